The van der Waals surface area contributed by atoms with E-state index in [4.69, 9.17) is 21.4 Å². The molecule has 196 valence electrons. The van der Waals surface area contributed by atoms with Gasteiger partial charge in [-0.05, 0) is 67.7 Å². The van der Waals surface area contributed by atoms with E-state index in [0.717, 1.165) is 21.9 Å². The smallest absolute Gasteiger partial charge is 0.229 e. The van der Waals surface area contributed by atoms with Gasteiger partial charge in [-0.3, -0.25) is 9.71 Å². The lowest BCUT2D eigenvalue weighted by Gasteiger charge is -2.26. The fraction of sp³-hybridized carbons (Fsp3) is 0.185. The van der Waals surface area contributed by atoms with Crippen LogP contribution in [0, 0.1) is 6.92 Å². The quantitative estimate of drug-likeness (QED) is 0.261. The number of benzene rings is 2. The van der Waals surface area contributed by atoms with Gasteiger partial charge in [0.1, 0.15) is 17.6 Å². The monoisotopic (exact) mass is 566 g/mol. The van der Waals surface area contributed by atoms with Gasteiger partial charge >= 0.3 is 0 Å². The molecule has 1 aliphatic heterocycles. The van der Waals surface area contributed by atoms with Crippen LogP contribution >= 0.6 is 24.0 Å². The fourth-order valence-corrected chi connectivity index (χ4v) is 6.00. The molecule has 0 saturated carbocycles. The van der Waals surface area contributed by atoms with Gasteiger partial charge in [0.15, 0.2) is 10.2 Å². The average Bonchev–Trinajstić information content (AvgIpc) is 3.49. The van der Waals surface area contributed by atoms with Crippen LogP contribution in [-0.2, 0) is 10.0 Å². The molecule has 1 aliphatic rings. The zero-order valence-corrected chi connectivity index (χ0v) is 23.4. The minimum absolute atomic E-state index is 0.285. The van der Waals surface area contributed by atoms with E-state index in [0.29, 0.717) is 28.0 Å². The van der Waals surface area contributed by atoms with Gasteiger partial charge < -0.3 is 19.4 Å². The molecular weight excluding hydrogens is 541 g/mol. The SMILES string of the molecule is COc1cc(N2C(=S)NC(c3ccccn3)C2c2ccc(Sc3ccc(C)cc3)o2)ccc1NS(C)(=O)=O. The minimum Gasteiger partial charge on any atom is -0.494 e. The maximum Gasteiger partial charge on any atom is 0.229 e. The van der Waals surface area contributed by atoms with Crippen molar-refractivity contribution in [2.45, 2.75) is 29.0 Å². The average molecular weight is 567 g/mol. The fourth-order valence-electron chi connectivity index (χ4n) is 4.31. The molecule has 2 N–H and O–H groups in total. The summed E-state index contributed by atoms with van der Waals surface area (Å²) in [6, 6.07) is 22.5. The lowest BCUT2D eigenvalue weighted by atomic mass is 10.0. The summed E-state index contributed by atoms with van der Waals surface area (Å²) in [5, 5.41) is 4.64. The van der Waals surface area contributed by atoms with Gasteiger partial charge in [-0.25, -0.2) is 8.42 Å². The molecule has 2 unspecified atom stereocenters. The third-order valence-corrected chi connectivity index (χ3v) is 7.82. The topological polar surface area (TPSA) is 96.7 Å². The van der Waals surface area contributed by atoms with Crippen molar-refractivity contribution >= 4 is 50.5 Å². The van der Waals surface area contributed by atoms with Crippen LogP contribution < -0.4 is 19.7 Å². The predicted molar refractivity (Wildman–Crippen MR) is 153 cm³/mol. The highest BCUT2D eigenvalue weighted by Crippen LogP contribution is 2.44. The number of nitrogens with zero attached hydrogens (tertiary/aromatic N) is 2. The summed E-state index contributed by atoms with van der Waals surface area (Å²) >= 11 is 7.33. The lowest BCUT2D eigenvalue weighted by Crippen LogP contribution is -2.29. The number of furan rings is 1. The van der Waals surface area contributed by atoms with Crippen molar-refractivity contribution < 1.29 is 17.6 Å². The number of thiocarbonyl (C=S) groups is 1. The zero-order chi connectivity index (χ0) is 26.9. The summed E-state index contributed by atoms with van der Waals surface area (Å²) < 4.78 is 38.0. The van der Waals surface area contributed by atoms with E-state index in [1.165, 1.54) is 12.7 Å². The molecule has 1 fully saturated rings. The highest BCUT2D eigenvalue weighted by Gasteiger charge is 2.42. The second-order valence-electron chi connectivity index (χ2n) is 8.83. The number of anilines is 2. The Bertz CT molecular complexity index is 1560. The van der Waals surface area contributed by atoms with Gasteiger partial charge in [0.2, 0.25) is 10.0 Å². The molecule has 0 aliphatic carbocycles. The van der Waals surface area contributed by atoms with Crippen molar-refractivity contribution in [1.82, 2.24) is 10.3 Å². The Balaban J connectivity index is 1.54. The van der Waals surface area contributed by atoms with Crippen LogP contribution in [0.15, 0.2) is 93.4 Å². The van der Waals surface area contributed by atoms with Gasteiger partial charge in [-0.2, -0.15) is 0 Å². The van der Waals surface area contributed by atoms with E-state index >= 15 is 0 Å². The number of hydrogen-bond acceptors (Lipinski definition) is 7. The zero-order valence-electron chi connectivity index (χ0n) is 20.9. The molecule has 2 aromatic heterocycles. The Morgan fingerprint density at radius 3 is 2.58 bits per heavy atom. The van der Waals surface area contributed by atoms with Gasteiger partial charge in [-0.1, -0.05) is 35.5 Å². The normalized spacial score (nSPS) is 17.3. The Morgan fingerprint density at radius 1 is 1.11 bits per heavy atom. The molecule has 8 nitrogen and oxygen atoms in total. The van der Waals surface area contributed by atoms with Crippen LogP contribution in [-0.4, -0.2) is 31.9 Å². The Labute approximate surface area is 231 Å². The number of nitrogens with one attached hydrogen (secondary N) is 2. The first-order chi connectivity index (χ1) is 18.2. The van der Waals surface area contributed by atoms with Crippen molar-refractivity contribution in [3.8, 4) is 5.75 Å². The number of ether oxygens (including phenoxy) is 1. The maximum absolute atomic E-state index is 11.8. The summed E-state index contributed by atoms with van der Waals surface area (Å²) in [5.74, 6) is 1.07. The largest absolute Gasteiger partial charge is 0.494 e. The Morgan fingerprint density at radius 2 is 1.89 bits per heavy atom. The summed E-state index contributed by atoms with van der Waals surface area (Å²) in [6.07, 6.45) is 2.84. The second-order valence-corrected chi connectivity index (χ2v) is 12.0. The van der Waals surface area contributed by atoms with Crippen LogP contribution in [0.4, 0.5) is 11.4 Å². The standard InChI is InChI=1S/C27H26N4O4S3/c1-17-7-10-19(11-8-17)37-24-14-13-22(35-24)26-25(21-6-4-5-15-28-21)29-27(36)31(26)18-9-12-20(23(16-18)34-2)30-38(3,32)33/h4-16,25-26,30H,1-3H3,(H,29,36). The van der Waals surface area contributed by atoms with Crippen LogP contribution in [0.25, 0.3) is 0 Å². The molecule has 3 heterocycles. The summed E-state index contributed by atoms with van der Waals surface area (Å²) in [5.41, 5.74) is 3.06. The van der Waals surface area contributed by atoms with Crippen molar-refractivity contribution in [2.24, 2.45) is 0 Å². The molecule has 2 atom stereocenters. The van der Waals surface area contributed by atoms with E-state index in [1.807, 2.05) is 35.2 Å². The molecule has 4 aromatic rings. The predicted octanol–water partition coefficient (Wildman–Crippen LogP) is 5.69. The van der Waals surface area contributed by atoms with Crippen molar-refractivity contribution in [3.63, 3.8) is 0 Å². The van der Waals surface area contributed by atoms with Crippen LogP contribution in [0.3, 0.4) is 0 Å². The highest BCUT2D eigenvalue weighted by atomic mass is 32.2. The first kappa shape index (κ1) is 26.1. The number of sulfonamides is 1. The van der Waals surface area contributed by atoms with Crippen LogP contribution in [0.1, 0.15) is 29.1 Å². The summed E-state index contributed by atoms with van der Waals surface area (Å²) in [6.45, 7) is 2.06. The second kappa shape index (κ2) is 10.7. The lowest BCUT2D eigenvalue weighted by molar-refractivity contribution is 0.383. The van der Waals surface area contributed by atoms with Gasteiger partial charge in [0.25, 0.3) is 0 Å². The molecule has 2 aromatic carbocycles. The maximum atomic E-state index is 11.8. The summed E-state index contributed by atoms with van der Waals surface area (Å²) in [4.78, 5) is 7.60. The van der Waals surface area contributed by atoms with Crippen molar-refractivity contribution in [2.75, 3.05) is 23.0 Å². The third kappa shape index (κ3) is 5.64. The third-order valence-electron chi connectivity index (χ3n) is 5.99. The van der Waals surface area contributed by atoms with E-state index in [1.54, 1.807) is 36.2 Å². The molecule has 38 heavy (non-hydrogen) atoms. The van der Waals surface area contributed by atoms with E-state index in [9.17, 15) is 8.42 Å². The van der Waals surface area contributed by atoms with Gasteiger partial charge in [0.05, 0.1) is 30.8 Å². The number of methoxy groups -OCH3 is 1. The molecule has 0 spiro atoms. The van der Waals surface area contributed by atoms with Crippen LogP contribution in [0.2, 0.25) is 0 Å². The minimum atomic E-state index is -3.48. The number of aryl methyl sites for hydroxylation is 1. The van der Waals surface area contributed by atoms with Gasteiger partial charge in [-0.15, -0.1) is 0 Å². The number of aromatic nitrogens is 1. The summed E-state index contributed by atoms with van der Waals surface area (Å²) in [7, 11) is -2.00. The number of hydrogen-bond donors (Lipinski definition) is 2. The molecule has 11 heteroatoms. The number of rotatable bonds is 8. The molecule has 0 radical (unpaired) electrons. The first-order valence-corrected chi connectivity index (χ1v) is 14.8. The molecule has 5 rings (SSSR count). The first-order valence-electron chi connectivity index (χ1n) is 11.7. The molecular formula is C27H26N4O4S3. The highest BCUT2D eigenvalue weighted by molar-refractivity contribution is 7.99. The number of pyridine rings is 1. The van der Waals surface area contributed by atoms with E-state index < -0.39 is 10.0 Å². The Kier molecular flexibility index (Phi) is 7.33. The van der Waals surface area contributed by atoms with Crippen LogP contribution in [0.5, 0.6) is 5.75 Å². The molecule has 0 amide bonds. The van der Waals surface area contributed by atoms with Gasteiger partial charge in [0, 0.05) is 22.8 Å². The van der Waals surface area contributed by atoms with Crippen molar-refractivity contribution in [1.29, 1.82) is 0 Å². The van der Waals surface area contributed by atoms with E-state index in [-0.39, 0.29) is 12.1 Å². The Hall–Kier alpha value is -3.54. The molecule has 1 saturated heterocycles. The molecule has 0 bridgehead atoms. The van der Waals surface area contributed by atoms with E-state index in [2.05, 4.69) is 46.2 Å². The van der Waals surface area contributed by atoms with Crippen molar-refractivity contribution in [3.05, 3.63) is 96.0 Å².